The first kappa shape index (κ1) is 18.9. The van der Waals surface area contributed by atoms with Gasteiger partial charge >= 0.3 is 0 Å². The monoisotopic (exact) mass is 368 g/mol. The highest BCUT2D eigenvalue weighted by molar-refractivity contribution is 5.96. The summed E-state index contributed by atoms with van der Waals surface area (Å²) >= 11 is 0. The Hall–Kier alpha value is -2.86. The highest BCUT2D eigenvalue weighted by atomic mass is 16.5. The largest absolute Gasteiger partial charge is 0.484 e. The summed E-state index contributed by atoms with van der Waals surface area (Å²) in [7, 11) is 0. The molecule has 3 rings (SSSR count). The zero-order chi connectivity index (χ0) is 19.2. The van der Waals surface area contributed by atoms with Crippen LogP contribution in [0.5, 0.6) is 5.75 Å². The van der Waals surface area contributed by atoms with Crippen LogP contribution in [0.25, 0.3) is 0 Å². The van der Waals surface area contributed by atoms with Crippen LogP contribution < -0.4 is 15.0 Å². The molecule has 1 aliphatic heterocycles. The van der Waals surface area contributed by atoms with Crippen molar-refractivity contribution in [3.8, 4) is 5.75 Å². The molecule has 0 bridgehead atoms. The predicted molar refractivity (Wildman–Crippen MR) is 103 cm³/mol. The van der Waals surface area contributed by atoms with E-state index in [4.69, 9.17) is 4.74 Å². The second kappa shape index (κ2) is 8.68. The first-order valence-corrected chi connectivity index (χ1v) is 9.12. The maximum absolute atomic E-state index is 12.6. The lowest BCUT2D eigenvalue weighted by Crippen LogP contribution is -2.38. The number of ether oxygens (including phenoxy) is 1. The van der Waals surface area contributed by atoms with Crippen molar-refractivity contribution in [2.75, 3.05) is 24.6 Å². The highest BCUT2D eigenvalue weighted by Crippen LogP contribution is 2.26. The summed E-state index contributed by atoms with van der Waals surface area (Å²) in [4.78, 5) is 26.5. The van der Waals surface area contributed by atoms with Crippen LogP contribution >= 0.6 is 0 Å². The number of hydrogen-bond donors (Lipinski definition) is 2. The molecule has 0 saturated carbocycles. The Morgan fingerprint density at radius 2 is 2.04 bits per heavy atom. The van der Waals surface area contributed by atoms with E-state index in [0.29, 0.717) is 17.9 Å². The first-order valence-electron chi connectivity index (χ1n) is 9.12. The predicted octanol–water partition coefficient (Wildman–Crippen LogP) is 2.16. The lowest BCUT2D eigenvalue weighted by atomic mass is 10.0. The van der Waals surface area contributed by atoms with Gasteiger partial charge in [-0.25, -0.2) is 0 Å². The van der Waals surface area contributed by atoms with Crippen molar-refractivity contribution in [2.45, 2.75) is 25.9 Å². The number of nitrogens with one attached hydrogen (secondary N) is 1. The number of hydrogen-bond acceptors (Lipinski definition) is 4. The molecule has 2 amide bonds. The van der Waals surface area contributed by atoms with Gasteiger partial charge < -0.3 is 20.1 Å². The van der Waals surface area contributed by atoms with Crippen LogP contribution in [0, 0.1) is 0 Å². The average molecular weight is 368 g/mol. The van der Waals surface area contributed by atoms with Crippen molar-refractivity contribution < 1.29 is 19.4 Å². The van der Waals surface area contributed by atoms with E-state index >= 15 is 0 Å². The van der Waals surface area contributed by atoms with E-state index in [2.05, 4.69) is 5.32 Å². The zero-order valence-electron chi connectivity index (χ0n) is 15.4. The molecular weight excluding hydrogens is 344 g/mol. The minimum atomic E-state index is -0.613. The quantitative estimate of drug-likeness (QED) is 0.819. The fraction of sp³-hybridized carbons (Fsp3) is 0.333. The van der Waals surface area contributed by atoms with Crippen LogP contribution in [0.4, 0.5) is 5.69 Å². The molecule has 1 heterocycles. The van der Waals surface area contributed by atoms with E-state index in [1.807, 2.05) is 24.3 Å². The molecule has 0 radical (unpaired) electrons. The van der Waals surface area contributed by atoms with Crippen molar-refractivity contribution in [2.24, 2.45) is 0 Å². The van der Waals surface area contributed by atoms with Crippen LogP contribution in [-0.4, -0.2) is 42.7 Å². The molecule has 2 aromatic rings. The van der Waals surface area contributed by atoms with E-state index in [1.54, 1.807) is 36.1 Å². The second-order valence-corrected chi connectivity index (χ2v) is 6.65. The van der Waals surface area contributed by atoms with Crippen LogP contribution in [0.3, 0.4) is 0 Å². The topological polar surface area (TPSA) is 78.9 Å². The second-order valence-electron chi connectivity index (χ2n) is 6.65. The van der Waals surface area contributed by atoms with Gasteiger partial charge in [0.2, 0.25) is 0 Å². The molecule has 27 heavy (non-hydrogen) atoms. The van der Waals surface area contributed by atoms with Gasteiger partial charge in [0.05, 0.1) is 6.10 Å². The third-order valence-electron chi connectivity index (χ3n) is 4.43. The Labute approximate surface area is 158 Å². The van der Waals surface area contributed by atoms with E-state index in [0.717, 1.165) is 18.5 Å². The molecule has 6 heteroatoms. The van der Waals surface area contributed by atoms with Crippen molar-refractivity contribution in [3.63, 3.8) is 0 Å². The number of aryl methyl sites for hydroxylation is 1. The third kappa shape index (κ3) is 4.86. The number of benzene rings is 2. The first-order chi connectivity index (χ1) is 13.0. The molecule has 1 aliphatic rings. The van der Waals surface area contributed by atoms with Gasteiger partial charge in [0.15, 0.2) is 6.61 Å². The van der Waals surface area contributed by atoms with Gasteiger partial charge in [-0.2, -0.15) is 0 Å². The van der Waals surface area contributed by atoms with E-state index in [1.165, 1.54) is 5.56 Å². The molecule has 1 atom stereocenters. The Morgan fingerprint density at radius 1 is 1.22 bits per heavy atom. The smallest absolute Gasteiger partial charge is 0.264 e. The van der Waals surface area contributed by atoms with Crippen molar-refractivity contribution >= 4 is 17.5 Å². The number of amides is 2. The zero-order valence-corrected chi connectivity index (χ0v) is 15.4. The van der Waals surface area contributed by atoms with Gasteiger partial charge in [-0.1, -0.05) is 24.3 Å². The molecule has 6 nitrogen and oxygen atoms in total. The summed E-state index contributed by atoms with van der Waals surface area (Å²) in [5.74, 6) is 0.0575. The fourth-order valence-corrected chi connectivity index (χ4v) is 3.09. The van der Waals surface area contributed by atoms with Gasteiger partial charge in [0, 0.05) is 24.3 Å². The molecule has 0 saturated heterocycles. The maximum Gasteiger partial charge on any atom is 0.264 e. The SMILES string of the molecule is CC(O)CNC(=O)c1cccc(OCC(=O)N2CCCc3ccccc32)c1. The molecule has 0 aromatic heterocycles. The maximum atomic E-state index is 12.6. The van der Waals surface area contributed by atoms with Gasteiger partial charge in [-0.3, -0.25) is 9.59 Å². The number of rotatable bonds is 6. The Kier molecular flexibility index (Phi) is 6.08. The lowest BCUT2D eigenvalue weighted by molar-refractivity contribution is -0.120. The Balaban J connectivity index is 1.61. The number of nitrogens with zero attached hydrogens (tertiary/aromatic N) is 1. The molecule has 1 unspecified atom stereocenters. The lowest BCUT2D eigenvalue weighted by Gasteiger charge is -2.29. The summed E-state index contributed by atoms with van der Waals surface area (Å²) in [6.07, 6.45) is 1.30. The van der Waals surface area contributed by atoms with Crippen molar-refractivity contribution in [1.29, 1.82) is 0 Å². The number of aliphatic hydroxyl groups excluding tert-OH is 1. The molecule has 0 spiro atoms. The summed E-state index contributed by atoms with van der Waals surface area (Å²) < 4.78 is 5.63. The number of para-hydroxylation sites is 1. The number of carbonyl (C=O) groups excluding carboxylic acids is 2. The normalized spacial score (nSPS) is 14.2. The Morgan fingerprint density at radius 3 is 2.85 bits per heavy atom. The summed E-state index contributed by atoms with van der Waals surface area (Å²) in [6, 6.07) is 14.6. The number of anilines is 1. The van der Waals surface area contributed by atoms with E-state index in [-0.39, 0.29) is 25.0 Å². The van der Waals surface area contributed by atoms with Crippen LogP contribution in [0.15, 0.2) is 48.5 Å². The van der Waals surface area contributed by atoms with Gasteiger partial charge in [-0.05, 0) is 49.6 Å². The number of carbonyl (C=O) groups is 2. The molecule has 2 aromatic carbocycles. The van der Waals surface area contributed by atoms with Gasteiger partial charge in [0.1, 0.15) is 5.75 Å². The van der Waals surface area contributed by atoms with Crippen LogP contribution in [0.2, 0.25) is 0 Å². The number of aliphatic hydroxyl groups is 1. The van der Waals surface area contributed by atoms with Crippen LogP contribution in [-0.2, 0) is 11.2 Å². The summed E-state index contributed by atoms with van der Waals surface area (Å²) in [6.45, 7) is 2.37. The highest BCUT2D eigenvalue weighted by Gasteiger charge is 2.22. The Bertz CT molecular complexity index is 819. The van der Waals surface area contributed by atoms with Crippen molar-refractivity contribution in [1.82, 2.24) is 5.32 Å². The van der Waals surface area contributed by atoms with Gasteiger partial charge in [0.25, 0.3) is 11.8 Å². The molecule has 2 N–H and O–H groups in total. The third-order valence-corrected chi connectivity index (χ3v) is 4.43. The summed E-state index contributed by atoms with van der Waals surface area (Å²) in [5, 5.41) is 11.9. The molecular formula is C21H24N2O4. The van der Waals surface area contributed by atoms with Crippen molar-refractivity contribution in [3.05, 3.63) is 59.7 Å². The number of fused-ring (bicyclic) bond motifs is 1. The average Bonchev–Trinajstić information content (AvgIpc) is 2.70. The minimum absolute atomic E-state index is 0.0902. The van der Waals surface area contributed by atoms with Crippen LogP contribution in [0.1, 0.15) is 29.3 Å². The van der Waals surface area contributed by atoms with E-state index in [9.17, 15) is 14.7 Å². The minimum Gasteiger partial charge on any atom is -0.484 e. The fourth-order valence-electron chi connectivity index (χ4n) is 3.09. The molecule has 142 valence electrons. The van der Waals surface area contributed by atoms with E-state index < -0.39 is 6.10 Å². The molecule has 0 fully saturated rings. The van der Waals surface area contributed by atoms with Gasteiger partial charge in [-0.15, -0.1) is 0 Å². The molecule has 0 aliphatic carbocycles. The summed E-state index contributed by atoms with van der Waals surface area (Å²) in [5.41, 5.74) is 2.54. The standard InChI is InChI=1S/C21H24N2O4/c1-15(24)13-22-21(26)17-7-4-9-18(12-17)27-14-20(25)23-11-5-8-16-6-2-3-10-19(16)23/h2-4,6-7,9-10,12,15,24H,5,8,11,13-14H2,1H3,(H,22,26).